The Morgan fingerprint density at radius 2 is 2.08 bits per heavy atom. The Morgan fingerprint density at radius 1 is 1.28 bits per heavy atom. The average Bonchev–Trinajstić information content (AvgIpc) is 3.25. The van der Waals surface area contributed by atoms with E-state index in [1.54, 1.807) is 23.6 Å². The zero-order valence-electron chi connectivity index (χ0n) is 13.1. The first kappa shape index (κ1) is 16.8. The maximum absolute atomic E-state index is 13.8. The van der Waals surface area contributed by atoms with Crippen LogP contribution in [0.2, 0.25) is 0 Å². The average molecular weight is 360 g/mol. The number of carbonyl (C=O) groups excluding carboxylic acids is 2. The molecule has 0 aliphatic heterocycles. The summed E-state index contributed by atoms with van der Waals surface area (Å²) in [4.78, 5) is 27.5. The van der Waals surface area contributed by atoms with Gasteiger partial charge in [-0.3, -0.25) is 14.9 Å². The Balaban J connectivity index is 1.70. The molecule has 0 saturated carbocycles. The molecule has 25 heavy (non-hydrogen) atoms. The minimum Gasteiger partial charge on any atom is -0.469 e. The van der Waals surface area contributed by atoms with Crippen LogP contribution >= 0.6 is 11.3 Å². The molecule has 6 nitrogen and oxygen atoms in total. The lowest BCUT2D eigenvalue weighted by atomic mass is 10.1. The van der Waals surface area contributed by atoms with Crippen LogP contribution in [0.3, 0.4) is 0 Å². The number of nitrogens with zero attached hydrogens (tertiary/aromatic N) is 1. The molecule has 0 aliphatic carbocycles. The van der Waals surface area contributed by atoms with Crippen LogP contribution < -0.4 is 5.32 Å². The van der Waals surface area contributed by atoms with E-state index < -0.39 is 17.7 Å². The van der Waals surface area contributed by atoms with Gasteiger partial charge in [-0.05, 0) is 24.3 Å². The van der Waals surface area contributed by atoms with Crippen molar-refractivity contribution < 1.29 is 23.1 Å². The molecule has 2 aromatic heterocycles. The third-order valence-electron chi connectivity index (χ3n) is 3.29. The molecule has 3 rings (SSSR count). The quantitative estimate of drug-likeness (QED) is 0.704. The summed E-state index contributed by atoms with van der Waals surface area (Å²) in [6.45, 7) is 0. The fraction of sp³-hybridized carbons (Fsp3) is 0.118. The summed E-state index contributed by atoms with van der Waals surface area (Å²) in [6.07, 6.45) is 0.0288. The number of benzene rings is 1. The molecule has 128 valence electrons. The normalized spacial score (nSPS) is 10.5. The Hall–Kier alpha value is -3.00. The van der Waals surface area contributed by atoms with Crippen LogP contribution in [0.4, 0.5) is 9.52 Å². The van der Waals surface area contributed by atoms with E-state index in [4.69, 9.17) is 4.42 Å². The monoisotopic (exact) mass is 360 g/mol. The second-order valence-corrected chi connectivity index (χ2v) is 5.85. The number of methoxy groups -OCH3 is 1. The minimum absolute atomic E-state index is 0.0288. The number of thiazole rings is 1. The van der Waals surface area contributed by atoms with Crippen LogP contribution in [0.5, 0.6) is 0 Å². The number of esters is 1. The van der Waals surface area contributed by atoms with Gasteiger partial charge in [0.05, 0.1) is 24.8 Å². The van der Waals surface area contributed by atoms with Crippen molar-refractivity contribution in [3.63, 3.8) is 0 Å². The largest absolute Gasteiger partial charge is 0.469 e. The zero-order valence-corrected chi connectivity index (χ0v) is 13.9. The van der Waals surface area contributed by atoms with Crippen LogP contribution in [0.1, 0.15) is 16.2 Å². The Kier molecular flexibility index (Phi) is 4.90. The summed E-state index contributed by atoms with van der Waals surface area (Å²) in [5, 5.41) is 4.56. The maximum Gasteiger partial charge on any atom is 0.311 e. The molecule has 0 spiro atoms. The number of hydrogen-bond donors (Lipinski definition) is 1. The molecule has 0 saturated heterocycles. The van der Waals surface area contributed by atoms with Gasteiger partial charge in [-0.15, -0.1) is 11.3 Å². The van der Waals surface area contributed by atoms with E-state index in [0.717, 1.165) is 0 Å². The number of halogens is 1. The van der Waals surface area contributed by atoms with E-state index in [-0.39, 0.29) is 23.5 Å². The van der Waals surface area contributed by atoms with Crippen molar-refractivity contribution in [3.05, 3.63) is 59.0 Å². The summed E-state index contributed by atoms with van der Waals surface area (Å²) >= 11 is 1.18. The third kappa shape index (κ3) is 3.92. The van der Waals surface area contributed by atoms with Gasteiger partial charge in [0, 0.05) is 5.38 Å². The molecule has 1 N–H and O–H groups in total. The van der Waals surface area contributed by atoms with E-state index in [0.29, 0.717) is 10.8 Å². The van der Waals surface area contributed by atoms with Gasteiger partial charge in [-0.25, -0.2) is 9.37 Å². The first-order valence-electron chi connectivity index (χ1n) is 7.24. The molecule has 2 heterocycles. The van der Waals surface area contributed by atoms with Crippen molar-refractivity contribution in [3.8, 4) is 11.3 Å². The molecule has 0 aliphatic rings. The van der Waals surface area contributed by atoms with E-state index in [1.807, 2.05) is 0 Å². The summed E-state index contributed by atoms with van der Waals surface area (Å²) in [6, 6.07) is 9.12. The molecule has 0 bridgehead atoms. The number of anilines is 1. The van der Waals surface area contributed by atoms with Crippen molar-refractivity contribution in [2.75, 3.05) is 12.4 Å². The second kappa shape index (κ2) is 7.27. The third-order valence-corrected chi connectivity index (χ3v) is 4.10. The van der Waals surface area contributed by atoms with Crippen LogP contribution in [0.25, 0.3) is 11.3 Å². The molecule has 0 fully saturated rings. The van der Waals surface area contributed by atoms with Crippen LogP contribution in [0.15, 0.2) is 46.2 Å². The summed E-state index contributed by atoms with van der Waals surface area (Å²) < 4.78 is 23.7. The van der Waals surface area contributed by atoms with E-state index >= 15 is 0 Å². The van der Waals surface area contributed by atoms with Gasteiger partial charge in [-0.2, -0.15) is 0 Å². The highest BCUT2D eigenvalue weighted by molar-refractivity contribution is 7.14. The van der Waals surface area contributed by atoms with Gasteiger partial charge in [0.15, 0.2) is 10.9 Å². The van der Waals surface area contributed by atoms with Gasteiger partial charge in [0.25, 0.3) is 5.91 Å². The fourth-order valence-corrected chi connectivity index (χ4v) is 2.80. The van der Waals surface area contributed by atoms with Crippen molar-refractivity contribution in [2.45, 2.75) is 6.42 Å². The molecule has 0 radical (unpaired) electrons. The zero-order chi connectivity index (χ0) is 17.8. The molecule has 1 amide bonds. The SMILES string of the molecule is COC(=O)Cc1csc(NC(=O)c2ccc(-c3ccccc3F)o2)n1. The molecular formula is C17H13FN2O4S. The van der Waals surface area contributed by atoms with Crippen molar-refractivity contribution in [2.24, 2.45) is 0 Å². The summed E-state index contributed by atoms with van der Waals surface area (Å²) in [5.74, 6) is -1.07. The number of amides is 1. The van der Waals surface area contributed by atoms with E-state index in [2.05, 4.69) is 15.0 Å². The van der Waals surface area contributed by atoms with Crippen molar-refractivity contribution in [1.29, 1.82) is 0 Å². The highest BCUT2D eigenvalue weighted by Crippen LogP contribution is 2.25. The first-order chi connectivity index (χ1) is 12.1. The smallest absolute Gasteiger partial charge is 0.311 e. The van der Waals surface area contributed by atoms with Gasteiger partial charge < -0.3 is 9.15 Å². The van der Waals surface area contributed by atoms with Gasteiger partial charge in [0.2, 0.25) is 0 Å². The Labute approximate surface area is 146 Å². The van der Waals surface area contributed by atoms with E-state index in [1.165, 1.54) is 36.6 Å². The van der Waals surface area contributed by atoms with Crippen molar-refractivity contribution >= 4 is 28.3 Å². The number of ether oxygens (including phenoxy) is 1. The standard InChI is InChI=1S/C17H13FN2O4S/c1-23-15(21)8-10-9-25-17(19-10)20-16(22)14-7-6-13(24-14)11-4-2-3-5-12(11)18/h2-7,9H,8H2,1H3,(H,19,20,22). The highest BCUT2D eigenvalue weighted by atomic mass is 32.1. The molecule has 0 unspecified atom stereocenters. The summed E-state index contributed by atoms with van der Waals surface area (Å²) in [7, 11) is 1.29. The van der Waals surface area contributed by atoms with Crippen LogP contribution in [-0.2, 0) is 16.0 Å². The van der Waals surface area contributed by atoms with E-state index in [9.17, 15) is 14.0 Å². The van der Waals surface area contributed by atoms with Gasteiger partial charge in [0.1, 0.15) is 11.6 Å². The predicted molar refractivity (Wildman–Crippen MR) is 89.9 cm³/mol. The molecular weight excluding hydrogens is 347 g/mol. The lowest BCUT2D eigenvalue weighted by Crippen LogP contribution is -2.11. The number of aromatic nitrogens is 1. The minimum atomic E-state index is -0.512. The first-order valence-corrected chi connectivity index (χ1v) is 8.12. The van der Waals surface area contributed by atoms with Crippen LogP contribution in [-0.4, -0.2) is 24.0 Å². The lowest BCUT2D eigenvalue weighted by Gasteiger charge is -2.00. The second-order valence-electron chi connectivity index (χ2n) is 4.99. The Morgan fingerprint density at radius 3 is 2.84 bits per heavy atom. The summed E-state index contributed by atoms with van der Waals surface area (Å²) in [5.41, 5.74) is 0.773. The molecule has 0 atom stereocenters. The number of furan rings is 1. The predicted octanol–water partition coefficient (Wildman–Crippen LogP) is 3.51. The highest BCUT2D eigenvalue weighted by Gasteiger charge is 2.16. The number of carbonyl (C=O) groups is 2. The maximum atomic E-state index is 13.8. The number of nitrogens with one attached hydrogen (secondary N) is 1. The molecule has 3 aromatic rings. The fourth-order valence-electron chi connectivity index (χ4n) is 2.09. The molecule has 1 aromatic carbocycles. The Bertz CT molecular complexity index is 919. The van der Waals surface area contributed by atoms with Crippen LogP contribution in [0, 0.1) is 5.82 Å². The van der Waals surface area contributed by atoms with Gasteiger partial charge in [-0.1, -0.05) is 12.1 Å². The number of hydrogen-bond acceptors (Lipinski definition) is 6. The number of rotatable bonds is 5. The topological polar surface area (TPSA) is 81.4 Å². The van der Waals surface area contributed by atoms with Gasteiger partial charge >= 0.3 is 5.97 Å². The lowest BCUT2D eigenvalue weighted by molar-refractivity contribution is -0.139. The molecule has 8 heteroatoms. The van der Waals surface area contributed by atoms with Crippen molar-refractivity contribution in [1.82, 2.24) is 4.98 Å².